The lowest BCUT2D eigenvalue weighted by Gasteiger charge is -2.19. The zero-order valence-electron chi connectivity index (χ0n) is 14.0. The SMILES string of the molecule is O=S(=O)(Nc1ccc2c(c1)OCCO2)c1cncn1-c1ccc(CF)cn1. The number of rotatable bonds is 5. The molecular weight excluding hydrogens is 375 g/mol. The zero-order valence-corrected chi connectivity index (χ0v) is 14.8. The van der Waals surface area contributed by atoms with Gasteiger partial charge in [0.05, 0.1) is 11.9 Å². The highest BCUT2D eigenvalue weighted by Gasteiger charge is 2.22. The number of alkyl halides is 1. The van der Waals surface area contributed by atoms with E-state index >= 15 is 0 Å². The molecule has 140 valence electrons. The van der Waals surface area contributed by atoms with Crippen molar-refractivity contribution in [3.05, 3.63) is 54.6 Å². The van der Waals surface area contributed by atoms with Crippen LogP contribution in [0.25, 0.3) is 5.82 Å². The molecule has 0 fully saturated rings. The third-order valence-corrected chi connectivity index (χ3v) is 5.24. The minimum Gasteiger partial charge on any atom is -0.486 e. The van der Waals surface area contributed by atoms with E-state index in [9.17, 15) is 12.8 Å². The van der Waals surface area contributed by atoms with E-state index in [4.69, 9.17) is 9.47 Å². The molecule has 0 saturated carbocycles. The Morgan fingerprint density at radius 2 is 1.93 bits per heavy atom. The number of halogens is 1. The third-order valence-electron chi connectivity index (χ3n) is 3.88. The van der Waals surface area contributed by atoms with Crippen molar-refractivity contribution in [3.63, 3.8) is 0 Å². The molecule has 10 heteroatoms. The van der Waals surface area contributed by atoms with Gasteiger partial charge in [-0.2, -0.15) is 8.42 Å². The van der Waals surface area contributed by atoms with Gasteiger partial charge < -0.3 is 9.47 Å². The number of benzene rings is 1. The third kappa shape index (κ3) is 3.43. The van der Waals surface area contributed by atoms with Crippen molar-refractivity contribution < 1.29 is 22.3 Å². The summed E-state index contributed by atoms with van der Waals surface area (Å²) in [5, 5.41) is -0.0992. The molecule has 0 amide bonds. The lowest BCUT2D eigenvalue weighted by molar-refractivity contribution is 0.171. The van der Waals surface area contributed by atoms with Gasteiger partial charge in [0.1, 0.15) is 32.0 Å². The Kier molecular flexibility index (Phi) is 4.40. The number of fused-ring (bicyclic) bond motifs is 1. The topological polar surface area (TPSA) is 95.3 Å². The van der Waals surface area contributed by atoms with Gasteiger partial charge in [-0.1, -0.05) is 6.07 Å². The molecule has 0 spiro atoms. The van der Waals surface area contributed by atoms with Gasteiger partial charge in [0.25, 0.3) is 10.0 Å². The lowest BCUT2D eigenvalue weighted by atomic mass is 10.3. The van der Waals surface area contributed by atoms with Crippen LogP contribution in [0, 0.1) is 0 Å². The molecule has 3 aromatic rings. The van der Waals surface area contributed by atoms with Gasteiger partial charge in [-0.05, 0) is 18.2 Å². The molecule has 1 aliphatic heterocycles. The van der Waals surface area contributed by atoms with Crippen molar-refractivity contribution in [1.82, 2.24) is 14.5 Å². The quantitative estimate of drug-likeness (QED) is 0.718. The van der Waals surface area contributed by atoms with E-state index in [2.05, 4.69) is 14.7 Å². The van der Waals surface area contributed by atoms with Gasteiger partial charge in [-0.25, -0.2) is 14.4 Å². The molecule has 4 rings (SSSR count). The van der Waals surface area contributed by atoms with Gasteiger partial charge in [0.15, 0.2) is 16.5 Å². The van der Waals surface area contributed by atoms with E-state index in [0.29, 0.717) is 41.8 Å². The molecule has 0 unspecified atom stereocenters. The summed E-state index contributed by atoms with van der Waals surface area (Å²) in [7, 11) is -3.95. The molecule has 1 aliphatic rings. The monoisotopic (exact) mass is 390 g/mol. The number of imidazole rings is 1. The summed E-state index contributed by atoms with van der Waals surface area (Å²) in [6.07, 6.45) is 3.89. The number of hydrogen-bond donors (Lipinski definition) is 1. The van der Waals surface area contributed by atoms with E-state index in [-0.39, 0.29) is 5.03 Å². The molecule has 3 heterocycles. The molecule has 8 nitrogen and oxygen atoms in total. The number of pyridine rings is 1. The second-order valence-corrected chi connectivity index (χ2v) is 7.35. The Morgan fingerprint density at radius 3 is 2.67 bits per heavy atom. The predicted molar refractivity (Wildman–Crippen MR) is 94.4 cm³/mol. The number of ether oxygens (including phenoxy) is 2. The standard InChI is InChI=1S/C17H15FN4O4S/c18-8-12-1-4-16(20-9-12)22-11-19-10-17(22)27(23,24)21-13-2-3-14-15(7-13)26-6-5-25-14/h1-4,7,9-11,21H,5-6,8H2. The van der Waals surface area contributed by atoms with Gasteiger partial charge in [0, 0.05) is 17.8 Å². The smallest absolute Gasteiger partial charge is 0.279 e. The van der Waals surface area contributed by atoms with Crippen LogP contribution >= 0.6 is 0 Å². The number of anilines is 1. The maximum absolute atomic E-state index is 12.8. The van der Waals surface area contributed by atoms with Crippen LogP contribution in [0.15, 0.2) is 54.1 Å². The molecule has 2 aromatic heterocycles. The van der Waals surface area contributed by atoms with Crippen LogP contribution in [0.3, 0.4) is 0 Å². The Labute approximate surface area is 154 Å². The average Bonchev–Trinajstić information content (AvgIpc) is 3.19. The van der Waals surface area contributed by atoms with Crippen molar-refractivity contribution in [2.45, 2.75) is 11.7 Å². The van der Waals surface area contributed by atoms with E-state index in [1.54, 1.807) is 18.2 Å². The first-order chi connectivity index (χ1) is 13.1. The molecule has 0 radical (unpaired) electrons. The van der Waals surface area contributed by atoms with Crippen molar-refractivity contribution in [1.29, 1.82) is 0 Å². The minimum absolute atomic E-state index is 0.0992. The summed E-state index contributed by atoms with van der Waals surface area (Å²) >= 11 is 0. The van der Waals surface area contributed by atoms with Crippen molar-refractivity contribution in [2.24, 2.45) is 0 Å². The fourth-order valence-corrected chi connectivity index (χ4v) is 3.75. The summed E-state index contributed by atoms with van der Waals surface area (Å²) in [4.78, 5) is 7.99. The van der Waals surface area contributed by atoms with Crippen molar-refractivity contribution >= 4 is 15.7 Å². The van der Waals surface area contributed by atoms with Gasteiger partial charge in [-0.15, -0.1) is 0 Å². The van der Waals surface area contributed by atoms with Crippen LogP contribution in [0.4, 0.5) is 10.1 Å². The van der Waals surface area contributed by atoms with E-state index in [1.165, 1.54) is 35.4 Å². The van der Waals surface area contributed by atoms with Crippen LogP contribution < -0.4 is 14.2 Å². The summed E-state index contributed by atoms with van der Waals surface area (Å²) in [5.74, 6) is 1.34. The normalized spacial score (nSPS) is 13.4. The molecule has 0 saturated heterocycles. The van der Waals surface area contributed by atoms with Crippen LogP contribution in [0.2, 0.25) is 0 Å². The first-order valence-corrected chi connectivity index (χ1v) is 9.51. The van der Waals surface area contributed by atoms with E-state index < -0.39 is 16.7 Å². The van der Waals surface area contributed by atoms with Crippen molar-refractivity contribution in [3.8, 4) is 17.3 Å². The Bertz CT molecular complexity index is 1070. The second-order valence-electron chi connectivity index (χ2n) is 5.72. The first-order valence-electron chi connectivity index (χ1n) is 8.03. The van der Waals surface area contributed by atoms with Gasteiger partial charge in [0.2, 0.25) is 0 Å². The van der Waals surface area contributed by atoms with Gasteiger partial charge >= 0.3 is 0 Å². The zero-order chi connectivity index (χ0) is 18.9. The highest BCUT2D eigenvalue weighted by molar-refractivity contribution is 7.92. The number of hydrogen-bond acceptors (Lipinski definition) is 6. The fraction of sp³-hybridized carbons (Fsp3) is 0.176. The fourth-order valence-electron chi connectivity index (χ4n) is 2.61. The Morgan fingerprint density at radius 1 is 1.11 bits per heavy atom. The van der Waals surface area contributed by atoms with Crippen molar-refractivity contribution in [2.75, 3.05) is 17.9 Å². The molecular formula is C17H15FN4O4S. The van der Waals surface area contributed by atoms with E-state index in [0.717, 1.165) is 0 Å². The summed E-state index contributed by atoms with van der Waals surface area (Å²) in [6, 6.07) is 7.84. The summed E-state index contributed by atoms with van der Waals surface area (Å²) in [6.45, 7) is 0.204. The molecule has 1 N–H and O–H groups in total. The number of aromatic nitrogens is 3. The average molecular weight is 390 g/mol. The Hall–Kier alpha value is -3.14. The number of sulfonamides is 1. The van der Waals surface area contributed by atoms with Crippen LogP contribution in [-0.2, 0) is 16.7 Å². The maximum atomic E-state index is 12.8. The minimum atomic E-state index is -3.95. The highest BCUT2D eigenvalue weighted by atomic mass is 32.2. The van der Waals surface area contributed by atoms with Crippen LogP contribution in [0.1, 0.15) is 5.56 Å². The number of nitrogens with zero attached hydrogens (tertiary/aromatic N) is 3. The van der Waals surface area contributed by atoms with Gasteiger partial charge in [-0.3, -0.25) is 9.29 Å². The molecule has 1 aromatic carbocycles. The molecule has 0 aliphatic carbocycles. The largest absolute Gasteiger partial charge is 0.486 e. The molecule has 27 heavy (non-hydrogen) atoms. The predicted octanol–water partition coefficient (Wildman–Crippen LogP) is 2.31. The highest BCUT2D eigenvalue weighted by Crippen LogP contribution is 2.33. The van der Waals surface area contributed by atoms with Crippen LogP contribution in [-0.4, -0.2) is 36.2 Å². The second kappa shape index (κ2) is 6.88. The molecule has 0 bridgehead atoms. The Balaban J connectivity index is 1.64. The first kappa shape index (κ1) is 17.3. The maximum Gasteiger partial charge on any atom is 0.279 e. The summed E-state index contributed by atoms with van der Waals surface area (Å²) in [5.41, 5.74) is 0.727. The summed E-state index contributed by atoms with van der Waals surface area (Å²) < 4.78 is 53.0. The van der Waals surface area contributed by atoms with E-state index in [1.807, 2.05) is 0 Å². The number of nitrogens with one attached hydrogen (secondary N) is 1. The molecule has 0 atom stereocenters. The lowest BCUT2D eigenvalue weighted by Crippen LogP contribution is -2.18. The van der Waals surface area contributed by atoms with Crippen LogP contribution in [0.5, 0.6) is 11.5 Å².